The first kappa shape index (κ1) is 17.2. The van der Waals surface area contributed by atoms with Gasteiger partial charge in [-0.25, -0.2) is 4.39 Å². The molecule has 2 aromatic rings. The van der Waals surface area contributed by atoms with Gasteiger partial charge in [0.05, 0.1) is 5.41 Å². The van der Waals surface area contributed by atoms with E-state index in [2.05, 4.69) is 10.6 Å². The van der Waals surface area contributed by atoms with E-state index in [0.717, 1.165) is 56.3 Å². The molecule has 2 aliphatic rings. The van der Waals surface area contributed by atoms with Crippen LogP contribution in [0.1, 0.15) is 31.2 Å². The van der Waals surface area contributed by atoms with Gasteiger partial charge in [-0.15, -0.1) is 0 Å². The maximum atomic E-state index is 14.0. The lowest BCUT2D eigenvalue weighted by atomic mass is 9.74. The zero-order valence-electron chi connectivity index (χ0n) is 14.9. The van der Waals surface area contributed by atoms with Crippen LogP contribution in [-0.2, 0) is 11.2 Å². The van der Waals surface area contributed by atoms with E-state index in [-0.39, 0.29) is 17.1 Å². The van der Waals surface area contributed by atoms with Crippen LogP contribution in [0.5, 0.6) is 0 Å². The Morgan fingerprint density at radius 2 is 1.92 bits per heavy atom. The van der Waals surface area contributed by atoms with Gasteiger partial charge in [-0.2, -0.15) is 0 Å². The van der Waals surface area contributed by atoms with Gasteiger partial charge in [-0.3, -0.25) is 4.79 Å². The fraction of sp³-hybridized carbons (Fsp3) is 0.409. The highest BCUT2D eigenvalue weighted by atomic mass is 19.1. The average molecular weight is 352 g/mol. The molecule has 1 aliphatic carbocycles. The summed E-state index contributed by atoms with van der Waals surface area (Å²) in [5.41, 5.74) is 2.23. The number of rotatable bonds is 5. The average Bonchev–Trinajstić information content (AvgIpc) is 3.48. The molecule has 1 aliphatic heterocycles. The maximum Gasteiger partial charge on any atom is 0.228 e. The lowest BCUT2D eigenvalue weighted by Crippen LogP contribution is -2.52. The highest BCUT2D eigenvalue weighted by molar-refractivity contribution is 5.84. The Labute approximate surface area is 154 Å². The molecule has 1 amide bonds. The third-order valence-electron chi connectivity index (χ3n) is 5.55. The van der Waals surface area contributed by atoms with E-state index in [9.17, 15) is 9.18 Å². The summed E-state index contributed by atoms with van der Waals surface area (Å²) in [6.45, 7) is 1.70. The van der Waals surface area contributed by atoms with Crippen molar-refractivity contribution in [3.05, 3.63) is 59.9 Å². The van der Waals surface area contributed by atoms with Crippen LogP contribution < -0.4 is 10.6 Å². The van der Waals surface area contributed by atoms with Crippen LogP contribution in [0.15, 0.2) is 48.5 Å². The Bertz CT molecular complexity index is 777. The molecule has 3 nitrogen and oxygen atoms in total. The van der Waals surface area contributed by atoms with Crippen molar-refractivity contribution in [3.63, 3.8) is 0 Å². The molecule has 2 aromatic carbocycles. The van der Waals surface area contributed by atoms with Crippen molar-refractivity contribution in [3.8, 4) is 11.1 Å². The number of piperidine rings is 1. The molecule has 26 heavy (non-hydrogen) atoms. The summed E-state index contributed by atoms with van der Waals surface area (Å²) in [6, 6.07) is 15.2. The van der Waals surface area contributed by atoms with E-state index in [1.165, 1.54) is 6.07 Å². The standard InChI is InChI=1S/C22H25FN2O/c23-20-5-2-1-4-19(20)17-8-6-16(7-9-17)14-22(12-3-13-24-15-22)21(26)25-18-10-11-18/h1-2,4-9,18,24H,3,10-15H2,(H,25,26)/t22-/m1/s1. The number of nitrogens with one attached hydrogen (secondary N) is 2. The smallest absolute Gasteiger partial charge is 0.228 e. The van der Waals surface area contributed by atoms with E-state index >= 15 is 0 Å². The molecule has 2 N–H and O–H groups in total. The second-order valence-electron chi connectivity index (χ2n) is 7.66. The zero-order chi connectivity index (χ0) is 18.0. The van der Waals surface area contributed by atoms with Crippen LogP contribution >= 0.6 is 0 Å². The third kappa shape index (κ3) is 3.65. The van der Waals surface area contributed by atoms with Crippen molar-refractivity contribution in [1.82, 2.24) is 10.6 Å². The predicted molar refractivity (Wildman–Crippen MR) is 101 cm³/mol. The molecule has 4 rings (SSSR count). The minimum absolute atomic E-state index is 0.186. The number of hydrogen-bond acceptors (Lipinski definition) is 2. The van der Waals surface area contributed by atoms with Gasteiger partial charge in [0.2, 0.25) is 5.91 Å². The van der Waals surface area contributed by atoms with Crippen LogP contribution in [-0.4, -0.2) is 25.0 Å². The molecule has 0 bridgehead atoms. The van der Waals surface area contributed by atoms with Crippen LogP contribution in [0.25, 0.3) is 11.1 Å². The molecule has 136 valence electrons. The van der Waals surface area contributed by atoms with Crippen molar-refractivity contribution < 1.29 is 9.18 Å². The molecule has 2 fully saturated rings. The highest BCUT2D eigenvalue weighted by Gasteiger charge is 2.41. The third-order valence-corrected chi connectivity index (χ3v) is 5.55. The Morgan fingerprint density at radius 1 is 1.15 bits per heavy atom. The molecule has 1 saturated carbocycles. The zero-order valence-corrected chi connectivity index (χ0v) is 14.9. The van der Waals surface area contributed by atoms with Crippen molar-refractivity contribution in [2.75, 3.05) is 13.1 Å². The van der Waals surface area contributed by atoms with Gasteiger partial charge >= 0.3 is 0 Å². The van der Waals surface area contributed by atoms with Crippen molar-refractivity contribution in [2.45, 2.75) is 38.1 Å². The van der Waals surface area contributed by atoms with Crippen LogP contribution in [0.2, 0.25) is 0 Å². The normalized spacial score (nSPS) is 22.8. The van der Waals surface area contributed by atoms with E-state index in [4.69, 9.17) is 0 Å². The summed E-state index contributed by atoms with van der Waals surface area (Å²) in [7, 11) is 0. The second-order valence-corrected chi connectivity index (χ2v) is 7.66. The molecule has 1 heterocycles. The van der Waals surface area contributed by atoms with Crippen LogP contribution in [0, 0.1) is 11.2 Å². The number of carbonyl (C=O) groups is 1. The Morgan fingerprint density at radius 3 is 2.58 bits per heavy atom. The first-order chi connectivity index (χ1) is 12.7. The number of carbonyl (C=O) groups excluding carboxylic acids is 1. The monoisotopic (exact) mass is 352 g/mol. The van der Waals surface area contributed by atoms with Crippen molar-refractivity contribution >= 4 is 5.91 Å². The predicted octanol–water partition coefficient (Wildman–Crippen LogP) is 3.68. The summed E-state index contributed by atoms with van der Waals surface area (Å²) in [5, 5.41) is 6.61. The van der Waals surface area contributed by atoms with Crippen LogP contribution in [0.3, 0.4) is 0 Å². The molecule has 0 radical (unpaired) electrons. The van der Waals surface area contributed by atoms with Gasteiger partial charge in [-0.1, -0.05) is 42.5 Å². The highest BCUT2D eigenvalue weighted by Crippen LogP contribution is 2.33. The van der Waals surface area contributed by atoms with E-state index in [0.29, 0.717) is 11.6 Å². The van der Waals surface area contributed by atoms with E-state index in [1.54, 1.807) is 12.1 Å². The lowest BCUT2D eigenvalue weighted by Gasteiger charge is -2.36. The molecule has 4 heteroatoms. The maximum absolute atomic E-state index is 14.0. The minimum atomic E-state index is -0.375. The first-order valence-corrected chi connectivity index (χ1v) is 9.52. The van der Waals surface area contributed by atoms with Gasteiger partial charge in [0.25, 0.3) is 0 Å². The largest absolute Gasteiger partial charge is 0.353 e. The Kier molecular flexibility index (Phi) is 4.77. The number of halogens is 1. The summed E-state index contributed by atoms with van der Waals surface area (Å²) < 4.78 is 14.0. The van der Waals surface area contributed by atoms with E-state index in [1.807, 2.05) is 30.3 Å². The summed E-state index contributed by atoms with van der Waals surface area (Å²) in [4.78, 5) is 12.9. The molecule has 0 aromatic heterocycles. The summed E-state index contributed by atoms with van der Waals surface area (Å²) in [6.07, 6.45) is 4.86. The first-order valence-electron chi connectivity index (χ1n) is 9.52. The quantitative estimate of drug-likeness (QED) is 0.862. The van der Waals surface area contributed by atoms with Gasteiger partial charge in [0, 0.05) is 18.2 Å². The van der Waals surface area contributed by atoms with E-state index < -0.39 is 0 Å². The number of amides is 1. The molecular weight excluding hydrogens is 327 g/mol. The van der Waals surface area contributed by atoms with Gasteiger partial charge in [0.15, 0.2) is 0 Å². The van der Waals surface area contributed by atoms with Gasteiger partial charge < -0.3 is 10.6 Å². The van der Waals surface area contributed by atoms with Gasteiger partial charge in [-0.05, 0) is 55.8 Å². The molecule has 0 unspecified atom stereocenters. The lowest BCUT2D eigenvalue weighted by molar-refractivity contribution is -0.132. The van der Waals surface area contributed by atoms with Crippen molar-refractivity contribution in [1.29, 1.82) is 0 Å². The minimum Gasteiger partial charge on any atom is -0.353 e. The summed E-state index contributed by atoms with van der Waals surface area (Å²) in [5.74, 6) is -0.0256. The van der Waals surface area contributed by atoms with Crippen molar-refractivity contribution in [2.24, 2.45) is 5.41 Å². The SMILES string of the molecule is O=C(NC1CC1)[C@@]1(Cc2ccc(-c3ccccc3F)cc2)CCCNC1. The fourth-order valence-electron chi connectivity index (χ4n) is 3.85. The molecule has 1 saturated heterocycles. The fourth-order valence-corrected chi connectivity index (χ4v) is 3.85. The Hall–Kier alpha value is -2.20. The second kappa shape index (κ2) is 7.20. The Balaban J connectivity index is 1.54. The molecular formula is C22H25FN2O. The molecule has 1 atom stereocenters. The summed E-state index contributed by atoms with van der Waals surface area (Å²) >= 11 is 0. The topological polar surface area (TPSA) is 41.1 Å². The number of benzene rings is 2. The number of hydrogen-bond donors (Lipinski definition) is 2. The van der Waals surface area contributed by atoms with Crippen LogP contribution in [0.4, 0.5) is 4.39 Å². The van der Waals surface area contributed by atoms with Gasteiger partial charge in [0.1, 0.15) is 5.82 Å². The molecule has 0 spiro atoms.